The van der Waals surface area contributed by atoms with Crippen molar-refractivity contribution in [2.24, 2.45) is 0 Å². The van der Waals surface area contributed by atoms with Crippen LogP contribution in [0.4, 0.5) is 11.4 Å². The van der Waals surface area contributed by atoms with E-state index >= 15 is 0 Å². The van der Waals surface area contributed by atoms with Crippen molar-refractivity contribution in [1.82, 2.24) is 9.80 Å². The van der Waals surface area contributed by atoms with Crippen molar-refractivity contribution in [1.29, 1.82) is 0 Å². The summed E-state index contributed by atoms with van der Waals surface area (Å²) in [6.07, 6.45) is 2.31. The quantitative estimate of drug-likeness (QED) is 0.541. The molecule has 1 unspecified atom stereocenters. The third-order valence-corrected chi connectivity index (χ3v) is 7.96. The highest BCUT2D eigenvalue weighted by Gasteiger charge is 2.34. The van der Waals surface area contributed by atoms with E-state index in [1.165, 1.54) is 5.56 Å². The largest absolute Gasteiger partial charge is 0.453 e. The number of ether oxygens (including phenoxy) is 1. The van der Waals surface area contributed by atoms with Crippen LogP contribution in [-0.2, 0) is 0 Å². The molecule has 3 aliphatic heterocycles. The number of benzene rings is 3. The molecule has 2 atom stereocenters. The number of likely N-dealkylation sites (tertiary alicyclic amines) is 2. The minimum Gasteiger partial charge on any atom is -0.453 e. The van der Waals surface area contributed by atoms with Crippen LogP contribution in [0.25, 0.3) is 0 Å². The van der Waals surface area contributed by atoms with Gasteiger partial charge >= 0.3 is 0 Å². The van der Waals surface area contributed by atoms with Gasteiger partial charge in [0.2, 0.25) is 0 Å². The number of piperidine rings is 1. The molecular weight excluding hydrogens is 450 g/mol. The normalized spacial score (nSPS) is 21.0. The molecule has 0 radical (unpaired) electrons. The molecule has 2 fully saturated rings. The van der Waals surface area contributed by atoms with Crippen LogP contribution in [0, 0.1) is 0 Å². The summed E-state index contributed by atoms with van der Waals surface area (Å²) in [5.74, 6) is 1.50. The summed E-state index contributed by atoms with van der Waals surface area (Å²) in [7, 11) is 0. The van der Waals surface area contributed by atoms with Crippen LogP contribution in [0.2, 0.25) is 0 Å². The molecule has 6 heteroatoms. The van der Waals surface area contributed by atoms with Gasteiger partial charge < -0.3 is 19.6 Å². The predicted molar refractivity (Wildman–Crippen MR) is 141 cm³/mol. The van der Waals surface area contributed by atoms with Crippen molar-refractivity contribution in [3.05, 3.63) is 83.9 Å². The molecule has 0 spiro atoms. The van der Waals surface area contributed by atoms with Crippen LogP contribution in [0.3, 0.4) is 0 Å². The zero-order valence-electron chi connectivity index (χ0n) is 20.7. The Labute approximate surface area is 212 Å². The summed E-state index contributed by atoms with van der Waals surface area (Å²) in [4.78, 5) is 19.8. The van der Waals surface area contributed by atoms with Gasteiger partial charge in [-0.3, -0.25) is 9.69 Å². The summed E-state index contributed by atoms with van der Waals surface area (Å²) < 4.78 is 6.32. The molecule has 1 N–H and O–H groups in total. The Hall–Kier alpha value is -3.35. The Bertz CT molecular complexity index is 1240. The molecular formula is C30H33N3O3. The lowest BCUT2D eigenvalue weighted by atomic mass is 9.97. The molecule has 3 heterocycles. The molecule has 3 aliphatic rings. The van der Waals surface area contributed by atoms with Gasteiger partial charge in [0.25, 0.3) is 5.91 Å². The Balaban J connectivity index is 1.25. The smallest absolute Gasteiger partial charge is 0.254 e. The number of carbonyl (C=O) groups is 1. The number of fused-ring (bicyclic) bond motifs is 2. The SMILES string of the molecule is CC(c1ccccc1)N1CCC(N2c3ccccc3Oc3cc(C(=O)N4CC[C@H](O)C4)ccc32)CC1. The summed E-state index contributed by atoms with van der Waals surface area (Å²) in [6, 6.07) is 25.5. The van der Waals surface area contributed by atoms with Crippen LogP contribution in [0.5, 0.6) is 11.5 Å². The molecule has 0 aliphatic carbocycles. The molecule has 1 amide bonds. The van der Waals surface area contributed by atoms with E-state index in [1.54, 1.807) is 4.90 Å². The second-order valence-electron chi connectivity index (χ2n) is 10.2. The van der Waals surface area contributed by atoms with Crippen LogP contribution in [0.15, 0.2) is 72.8 Å². The fraction of sp³-hybridized carbons (Fsp3) is 0.367. The maximum Gasteiger partial charge on any atom is 0.254 e. The molecule has 3 aromatic carbocycles. The standard InChI is InChI=1S/C30H33N3O3/c1-21(22-7-3-2-4-8-22)31-16-13-24(14-17-31)33-26-9-5-6-10-28(26)36-29-19-23(11-12-27(29)33)30(35)32-18-15-25(34)20-32/h2-12,19,21,24-25,34H,13-18,20H2,1H3/t21?,25-/m0/s1. The fourth-order valence-corrected chi connectivity index (χ4v) is 5.89. The second-order valence-corrected chi connectivity index (χ2v) is 10.2. The van der Waals surface area contributed by atoms with Gasteiger partial charge in [-0.05, 0) is 62.1 Å². The molecule has 3 aromatic rings. The van der Waals surface area contributed by atoms with Crippen molar-refractivity contribution in [3.8, 4) is 11.5 Å². The number of nitrogens with zero attached hydrogens (tertiary/aromatic N) is 3. The Morgan fingerprint density at radius 3 is 2.36 bits per heavy atom. The highest BCUT2D eigenvalue weighted by Crippen LogP contribution is 2.49. The number of aliphatic hydroxyl groups excluding tert-OH is 1. The molecule has 0 saturated carbocycles. The first-order valence-corrected chi connectivity index (χ1v) is 13.0. The molecule has 2 saturated heterocycles. The molecule has 6 nitrogen and oxygen atoms in total. The highest BCUT2D eigenvalue weighted by molar-refractivity contribution is 5.96. The number of amides is 1. The number of β-amino-alcohol motifs (C(OH)–C–C–N with tert-alkyl or cyclic N) is 1. The Kier molecular flexibility index (Phi) is 6.15. The monoisotopic (exact) mass is 483 g/mol. The van der Waals surface area contributed by atoms with E-state index in [2.05, 4.69) is 59.2 Å². The van der Waals surface area contributed by atoms with Gasteiger partial charge in [-0.25, -0.2) is 0 Å². The van der Waals surface area contributed by atoms with E-state index in [-0.39, 0.29) is 5.91 Å². The molecule has 0 bridgehead atoms. The summed E-state index contributed by atoms with van der Waals surface area (Å²) >= 11 is 0. The van der Waals surface area contributed by atoms with E-state index in [9.17, 15) is 9.90 Å². The summed E-state index contributed by atoms with van der Waals surface area (Å²) in [6.45, 7) is 5.35. The number of rotatable bonds is 4. The average Bonchev–Trinajstić information content (AvgIpc) is 3.37. The van der Waals surface area contributed by atoms with Gasteiger partial charge in [0.15, 0.2) is 11.5 Å². The Morgan fingerprint density at radius 2 is 1.61 bits per heavy atom. The number of carbonyl (C=O) groups excluding carboxylic acids is 1. The average molecular weight is 484 g/mol. The number of anilines is 2. The van der Waals surface area contributed by atoms with Crippen molar-refractivity contribution in [2.75, 3.05) is 31.1 Å². The first-order valence-electron chi connectivity index (χ1n) is 13.0. The lowest BCUT2D eigenvalue weighted by Crippen LogP contribution is -2.44. The molecule has 6 rings (SSSR count). The van der Waals surface area contributed by atoms with Gasteiger partial charge in [-0.15, -0.1) is 0 Å². The van der Waals surface area contributed by atoms with Crippen LogP contribution < -0.4 is 9.64 Å². The van der Waals surface area contributed by atoms with Crippen molar-refractivity contribution in [3.63, 3.8) is 0 Å². The first-order chi connectivity index (χ1) is 17.6. The number of aliphatic hydroxyl groups is 1. The minimum absolute atomic E-state index is 0.0495. The van der Waals surface area contributed by atoms with E-state index in [4.69, 9.17) is 4.74 Å². The zero-order chi connectivity index (χ0) is 24.6. The molecule has 0 aromatic heterocycles. The van der Waals surface area contributed by atoms with Crippen LogP contribution in [0.1, 0.15) is 48.1 Å². The number of hydrogen-bond donors (Lipinski definition) is 1. The number of hydrogen-bond acceptors (Lipinski definition) is 5. The predicted octanol–water partition coefficient (Wildman–Crippen LogP) is 5.36. The lowest BCUT2D eigenvalue weighted by Gasteiger charge is -2.44. The Morgan fingerprint density at radius 1 is 0.889 bits per heavy atom. The highest BCUT2D eigenvalue weighted by atomic mass is 16.5. The third kappa shape index (κ3) is 4.25. The first kappa shape index (κ1) is 23.1. The topological polar surface area (TPSA) is 56.2 Å². The third-order valence-electron chi connectivity index (χ3n) is 7.96. The summed E-state index contributed by atoms with van der Waals surface area (Å²) in [5, 5.41) is 9.86. The van der Waals surface area contributed by atoms with E-state index in [1.807, 2.05) is 30.3 Å². The second kappa shape index (κ2) is 9.60. The van der Waals surface area contributed by atoms with Crippen molar-refractivity contribution < 1.29 is 14.6 Å². The maximum atomic E-state index is 13.1. The number of para-hydroxylation sites is 2. The van der Waals surface area contributed by atoms with Gasteiger partial charge in [0.1, 0.15) is 0 Å². The van der Waals surface area contributed by atoms with Gasteiger partial charge in [0.05, 0.1) is 17.5 Å². The molecule has 186 valence electrons. The fourth-order valence-electron chi connectivity index (χ4n) is 5.89. The van der Waals surface area contributed by atoms with E-state index in [0.717, 1.165) is 48.8 Å². The maximum absolute atomic E-state index is 13.1. The van der Waals surface area contributed by atoms with Crippen molar-refractivity contribution >= 4 is 17.3 Å². The van der Waals surface area contributed by atoms with E-state index in [0.29, 0.717) is 37.2 Å². The molecule has 36 heavy (non-hydrogen) atoms. The van der Waals surface area contributed by atoms with Crippen LogP contribution in [-0.4, -0.2) is 59.1 Å². The zero-order valence-corrected chi connectivity index (χ0v) is 20.7. The lowest BCUT2D eigenvalue weighted by molar-refractivity contribution is 0.0764. The van der Waals surface area contributed by atoms with Gasteiger partial charge in [-0.1, -0.05) is 42.5 Å². The van der Waals surface area contributed by atoms with Crippen molar-refractivity contribution in [2.45, 2.75) is 44.4 Å². The van der Waals surface area contributed by atoms with Crippen LogP contribution >= 0.6 is 0 Å². The van der Waals surface area contributed by atoms with Gasteiger partial charge in [0, 0.05) is 43.8 Å². The van der Waals surface area contributed by atoms with Gasteiger partial charge in [-0.2, -0.15) is 0 Å². The summed E-state index contributed by atoms with van der Waals surface area (Å²) in [5.41, 5.74) is 4.07. The van der Waals surface area contributed by atoms with E-state index < -0.39 is 6.10 Å². The minimum atomic E-state index is -0.430.